The lowest BCUT2D eigenvalue weighted by atomic mass is 9.99. The van der Waals surface area contributed by atoms with E-state index >= 15 is 0 Å². The Hall–Kier alpha value is -1.13. The minimum absolute atomic E-state index is 0.336. The van der Waals surface area contributed by atoms with Crippen molar-refractivity contribution in [1.82, 2.24) is 4.90 Å². The van der Waals surface area contributed by atoms with Gasteiger partial charge in [0, 0.05) is 13.1 Å². The molecule has 0 spiro atoms. The Labute approximate surface area is 115 Å². The maximum atomic E-state index is 11.1. The molecule has 0 amide bonds. The smallest absolute Gasteiger partial charge is 0.321 e. The Balaban J connectivity index is 2.32. The van der Waals surface area contributed by atoms with Crippen LogP contribution in [0.25, 0.3) is 0 Å². The third-order valence-corrected chi connectivity index (χ3v) is 3.38. The monoisotopic (exact) mass is 267 g/mol. The molecular formula is C15H25NO3. The van der Waals surface area contributed by atoms with Gasteiger partial charge in [0.2, 0.25) is 0 Å². The predicted octanol–water partition coefficient (Wildman–Crippen LogP) is 2.20. The van der Waals surface area contributed by atoms with Crippen molar-refractivity contribution >= 4 is 5.97 Å². The molecule has 0 radical (unpaired) electrons. The molecule has 2 atom stereocenters. The summed E-state index contributed by atoms with van der Waals surface area (Å²) in [7, 11) is 0. The molecule has 0 aliphatic carbocycles. The topological polar surface area (TPSA) is 60.8 Å². The molecule has 1 aliphatic rings. The van der Waals surface area contributed by atoms with E-state index in [1.807, 2.05) is 11.0 Å². The number of carboxylic acids is 1. The number of hydrogen-bond donors (Lipinski definition) is 2. The Bertz CT molecular complexity index is 325. The Morgan fingerprint density at radius 2 is 1.95 bits per heavy atom. The van der Waals surface area contributed by atoms with E-state index in [-0.39, 0.29) is 0 Å². The summed E-state index contributed by atoms with van der Waals surface area (Å²) < 4.78 is 0. The van der Waals surface area contributed by atoms with Gasteiger partial charge in [-0.1, -0.05) is 31.2 Å². The molecule has 0 aromatic carbocycles. The number of aliphatic hydroxyl groups is 1. The van der Waals surface area contributed by atoms with E-state index in [2.05, 4.69) is 25.2 Å². The normalized spacial score (nSPS) is 25.4. The molecule has 2 N–H and O–H groups in total. The first kappa shape index (κ1) is 15.9. The Morgan fingerprint density at radius 3 is 2.58 bits per heavy atom. The number of aliphatic carboxylic acids is 1. The van der Waals surface area contributed by atoms with Crippen molar-refractivity contribution < 1.29 is 15.0 Å². The summed E-state index contributed by atoms with van der Waals surface area (Å²) in [4.78, 5) is 13.1. The average Bonchev–Trinajstić information content (AvgIpc) is 2.39. The molecule has 4 nitrogen and oxygen atoms in total. The number of aliphatic hydroxyl groups excluding tert-OH is 1. The van der Waals surface area contributed by atoms with Crippen molar-refractivity contribution in [3.05, 3.63) is 24.3 Å². The highest BCUT2D eigenvalue weighted by atomic mass is 16.4. The van der Waals surface area contributed by atoms with Crippen LogP contribution in [0, 0.1) is 0 Å². The maximum absolute atomic E-state index is 11.1. The SMILES string of the molecule is CC/C=C\CC/C=C/CN1CC[C@H](O)C[C@@H]1C(=O)O. The number of likely N-dealkylation sites (tertiary alicyclic amines) is 1. The van der Waals surface area contributed by atoms with Gasteiger partial charge in [-0.2, -0.15) is 0 Å². The molecule has 0 unspecified atom stereocenters. The first-order valence-electron chi connectivity index (χ1n) is 7.10. The van der Waals surface area contributed by atoms with E-state index < -0.39 is 18.1 Å². The minimum Gasteiger partial charge on any atom is -0.480 e. The van der Waals surface area contributed by atoms with Crippen LogP contribution in [0.3, 0.4) is 0 Å². The zero-order chi connectivity index (χ0) is 14.1. The Kier molecular flexibility index (Phi) is 7.45. The fraction of sp³-hybridized carbons (Fsp3) is 0.667. The fourth-order valence-electron chi connectivity index (χ4n) is 2.28. The van der Waals surface area contributed by atoms with Crippen molar-refractivity contribution in [2.24, 2.45) is 0 Å². The maximum Gasteiger partial charge on any atom is 0.321 e. The van der Waals surface area contributed by atoms with Gasteiger partial charge < -0.3 is 10.2 Å². The van der Waals surface area contributed by atoms with E-state index in [0.29, 0.717) is 25.9 Å². The molecule has 1 saturated heterocycles. The summed E-state index contributed by atoms with van der Waals surface area (Å²) in [6.07, 6.45) is 12.1. The zero-order valence-electron chi connectivity index (χ0n) is 11.7. The molecule has 108 valence electrons. The minimum atomic E-state index is -0.835. The molecule has 0 aromatic heterocycles. The van der Waals surface area contributed by atoms with Gasteiger partial charge in [-0.3, -0.25) is 9.69 Å². The second kappa shape index (κ2) is 8.88. The number of rotatable bonds is 7. The second-order valence-corrected chi connectivity index (χ2v) is 4.96. The van der Waals surface area contributed by atoms with E-state index in [1.54, 1.807) is 0 Å². The van der Waals surface area contributed by atoms with Crippen molar-refractivity contribution in [3.8, 4) is 0 Å². The molecule has 4 heteroatoms. The van der Waals surface area contributed by atoms with E-state index in [9.17, 15) is 9.90 Å². The van der Waals surface area contributed by atoms with E-state index in [0.717, 1.165) is 19.3 Å². The van der Waals surface area contributed by atoms with Crippen LogP contribution in [0.1, 0.15) is 39.0 Å². The van der Waals surface area contributed by atoms with Gasteiger partial charge in [0.1, 0.15) is 6.04 Å². The van der Waals surface area contributed by atoms with E-state index in [4.69, 9.17) is 5.11 Å². The molecule has 1 fully saturated rings. The second-order valence-electron chi connectivity index (χ2n) is 4.96. The summed E-state index contributed by atoms with van der Waals surface area (Å²) in [6.45, 7) is 3.42. The van der Waals surface area contributed by atoms with Crippen LogP contribution in [0.4, 0.5) is 0 Å². The molecule has 1 aliphatic heterocycles. The van der Waals surface area contributed by atoms with Crippen LogP contribution < -0.4 is 0 Å². The van der Waals surface area contributed by atoms with Crippen LogP contribution >= 0.6 is 0 Å². The van der Waals surface area contributed by atoms with Crippen LogP contribution in [0.2, 0.25) is 0 Å². The van der Waals surface area contributed by atoms with Crippen molar-refractivity contribution in [2.75, 3.05) is 13.1 Å². The van der Waals surface area contributed by atoms with Gasteiger partial charge in [-0.25, -0.2) is 0 Å². The Morgan fingerprint density at radius 1 is 1.26 bits per heavy atom. The highest BCUT2D eigenvalue weighted by Gasteiger charge is 2.31. The van der Waals surface area contributed by atoms with E-state index in [1.165, 1.54) is 0 Å². The lowest BCUT2D eigenvalue weighted by Gasteiger charge is -2.34. The summed E-state index contributed by atoms with van der Waals surface area (Å²) in [6, 6.07) is -0.548. The number of carbonyl (C=O) groups is 1. The predicted molar refractivity (Wildman–Crippen MR) is 76.0 cm³/mol. The molecule has 0 bridgehead atoms. The standard InChI is InChI=1S/C15H25NO3/c1-2-3-4-5-6-7-8-10-16-11-9-13(17)12-14(16)15(18)19/h3-4,7-8,13-14,17H,2,5-6,9-12H2,1H3,(H,18,19)/b4-3-,8-7+/t13-,14+/m0/s1. The molecule has 0 saturated carbocycles. The third kappa shape index (κ3) is 6.03. The molecule has 0 aromatic rings. The van der Waals surface area contributed by atoms with Crippen molar-refractivity contribution in [1.29, 1.82) is 0 Å². The number of carboxylic acid groups (broad SMARTS) is 1. The van der Waals surface area contributed by atoms with Gasteiger partial charge in [0.25, 0.3) is 0 Å². The molecular weight excluding hydrogens is 242 g/mol. The van der Waals surface area contributed by atoms with Crippen LogP contribution in [-0.4, -0.2) is 46.3 Å². The number of nitrogens with zero attached hydrogens (tertiary/aromatic N) is 1. The third-order valence-electron chi connectivity index (χ3n) is 3.38. The zero-order valence-corrected chi connectivity index (χ0v) is 11.7. The van der Waals surface area contributed by atoms with Gasteiger partial charge in [0.15, 0.2) is 0 Å². The summed E-state index contributed by atoms with van der Waals surface area (Å²) in [5, 5.41) is 18.7. The fourth-order valence-corrected chi connectivity index (χ4v) is 2.28. The lowest BCUT2D eigenvalue weighted by molar-refractivity contribution is -0.146. The summed E-state index contributed by atoms with van der Waals surface area (Å²) >= 11 is 0. The number of hydrogen-bond acceptors (Lipinski definition) is 3. The van der Waals surface area contributed by atoms with Crippen molar-refractivity contribution in [3.63, 3.8) is 0 Å². The van der Waals surface area contributed by atoms with Crippen LogP contribution in [-0.2, 0) is 4.79 Å². The van der Waals surface area contributed by atoms with Gasteiger partial charge >= 0.3 is 5.97 Å². The summed E-state index contributed by atoms with van der Waals surface area (Å²) in [5.74, 6) is -0.835. The lowest BCUT2D eigenvalue weighted by Crippen LogP contribution is -2.48. The average molecular weight is 267 g/mol. The number of unbranched alkanes of at least 4 members (excludes halogenated alkanes) is 1. The van der Waals surface area contributed by atoms with Crippen LogP contribution in [0.5, 0.6) is 0 Å². The highest BCUT2D eigenvalue weighted by molar-refractivity contribution is 5.73. The molecule has 1 rings (SSSR count). The van der Waals surface area contributed by atoms with Gasteiger partial charge in [-0.15, -0.1) is 0 Å². The molecule has 19 heavy (non-hydrogen) atoms. The number of piperidine rings is 1. The quantitative estimate of drug-likeness (QED) is 0.548. The first-order chi connectivity index (χ1) is 9.15. The summed E-state index contributed by atoms with van der Waals surface area (Å²) in [5.41, 5.74) is 0. The van der Waals surface area contributed by atoms with Gasteiger partial charge in [0.05, 0.1) is 6.10 Å². The van der Waals surface area contributed by atoms with Gasteiger partial charge in [-0.05, 0) is 32.1 Å². The number of allylic oxidation sites excluding steroid dienone is 3. The largest absolute Gasteiger partial charge is 0.480 e. The first-order valence-corrected chi connectivity index (χ1v) is 7.10. The van der Waals surface area contributed by atoms with Crippen LogP contribution in [0.15, 0.2) is 24.3 Å². The molecule has 1 heterocycles. The highest BCUT2D eigenvalue weighted by Crippen LogP contribution is 2.17. The van der Waals surface area contributed by atoms with Crippen molar-refractivity contribution in [2.45, 2.75) is 51.2 Å².